The standard InChI is InChI=1S/C47H52N8O7/c1-27(2)39(53-46(59)61-4)44(57)54-26-47(18-20-62-21-19-47)23-38(54)42-49-25-36(51-42)31-14-10-29(11-15-31)28-8-12-30(13-9-28)35-24-48-41(50-35)37-22-33-7-5-6-32-16-17-34(52-45(58)60-3)43(56)55(37)40(32)33/h5-15,24-25,27,34,37-39H,16-23,26H2,1-4H3,(H,48,50)(H,49,51)(H,52,58)(H,53,59)/t34?,37-,38?,39-/m0/s1. The second kappa shape index (κ2) is 16.8. The summed E-state index contributed by atoms with van der Waals surface area (Å²) in [4.78, 5) is 72.8. The average Bonchev–Trinajstić information content (AvgIpc) is 4.11. The number of nitrogens with one attached hydrogen (secondary N) is 4. The first kappa shape index (κ1) is 40.9. The molecule has 4 amide bonds. The van der Waals surface area contributed by atoms with Gasteiger partial charge in [-0.1, -0.05) is 80.6 Å². The lowest BCUT2D eigenvalue weighted by Gasteiger charge is -2.34. The molecule has 2 saturated heterocycles. The Morgan fingerprint density at radius 3 is 1.98 bits per heavy atom. The van der Waals surface area contributed by atoms with Crippen LogP contribution in [0.4, 0.5) is 15.3 Å². The molecule has 4 N–H and O–H groups in total. The molecule has 2 unspecified atom stereocenters. The Balaban J connectivity index is 0.902. The van der Waals surface area contributed by atoms with Gasteiger partial charge in [0.1, 0.15) is 23.7 Å². The van der Waals surface area contributed by atoms with E-state index < -0.39 is 24.3 Å². The predicted molar refractivity (Wildman–Crippen MR) is 231 cm³/mol. The average molecular weight is 841 g/mol. The number of H-pyrrole nitrogens is 2. The van der Waals surface area contributed by atoms with E-state index in [2.05, 4.69) is 75.2 Å². The molecule has 0 radical (unpaired) electrons. The number of benzene rings is 3. The largest absolute Gasteiger partial charge is 0.453 e. The Morgan fingerprint density at radius 1 is 0.806 bits per heavy atom. The Hall–Kier alpha value is -6.48. The van der Waals surface area contributed by atoms with Crippen molar-refractivity contribution in [3.8, 4) is 33.6 Å². The van der Waals surface area contributed by atoms with Crippen molar-refractivity contribution in [1.29, 1.82) is 0 Å². The molecule has 4 atom stereocenters. The summed E-state index contributed by atoms with van der Waals surface area (Å²) in [5.41, 5.74) is 8.71. The normalized spacial score (nSPS) is 20.8. The van der Waals surface area contributed by atoms with Crippen molar-refractivity contribution in [3.05, 3.63) is 102 Å². The summed E-state index contributed by atoms with van der Waals surface area (Å²) in [6, 6.07) is 20.6. The number of alkyl carbamates (subject to hydrolysis) is 2. The molecular weight excluding hydrogens is 789 g/mol. The number of hydrogen-bond acceptors (Lipinski definition) is 9. The quantitative estimate of drug-likeness (QED) is 0.123. The zero-order valence-corrected chi connectivity index (χ0v) is 35.4. The fourth-order valence-electron chi connectivity index (χ4n) is 9.75. The van der Waals surface area contributed by atoms with Gasteiger partial charge in [0.2, 0.25) is 11.8 Å². The fourth-order valence-corrected chi connectivity index (χ4v) is 9.75. The number of aromatic nitrogens is 4. The highest BCUT2D eigenvalue weighted by molar-refractivity contribution is 6.02. The number of hydrogen-bond donors (Lipinski definition) is 4. The van der Waals surface area contributed by atoms with Crippen LogP contribution in [0.15, 0.2) is 79.1 Å². The highest BCUT2D eigenvalue weighted by atomic mass is 16.5. The number of methoxy groups -OCH3 is 2. The number of aryl methyl sites for hydroxylation is 1. The highest BCUT2D eigenvalue weighted by Crippen LogP contribution is 2.49. The number of amides is 4. The highest BCUT2D eigenvalue weighted by Gasteiger charge is 2.50. The minimum absolute atomic E-state index is 0.0783. The molecule has 15 heteroatoms. The fraction of sp³-hybridized carbons (Fsp3) is 0.404. The van der Waals surface area contributed by atoms with Crippen molar-refractivity contribution in [2.24, 2.45) is 11.3 Å². The predicted octanol–water partition coefficient (Wildman–Crippen LogP) is 6.89. The van der Waals surface area contributed by atoms with E-state index >= 15 is 0 Å². The molecule has 3 aromatic carbocycles. The second-order valence-corrected chi connectivity index (χ2v) is 17.3. The van der Waals surface area contributed by atoms with E-state index in [9.17, 15) is 19.2 Å². The molecular formula is C47H52N8O7. The molecule has 1 spiro atoms. The third-order valence-electron chi connectivity index (χ3n) is 13.2. The van der Waals surface area contributed by atoms with Crippen molar-refractivity contribution in [3.63, 3.8) is 0 Å². The van der Waals surface area contributed by atoms with Crippen LogP contribution < -0.4 is 15.5 Å². The summed E-state index contributed by atoms with van der Waals surface area (Å²) >= 11 is 0. The Morgan fingerprint density at radius 2 is 1.39 bits per heavy atom. The molecule has 62 heavy (non-hydrogen) atoms. The third kappa shape index (κ3) is 7.69. The minimum Gasteiger partial charge on any atom is -0.453 e. The molecule has 0 bridgehead atoms. The van der Waals surface area contributed by atoms with E-state index in [-0.39, 0.29) is 35.2 Å². The molecule has 2 fully saturated rings. The molecule has 4 aliphatic heterocycles. The van der Waals surface area contributed by atoms with Crippen molar-refractivity contribution in [2.45, 2.75) is 76.5 Å². The van der Waals surface area contributed by atoms with Crippen LogP contribution in [0, 0.1) is 11.3 Å². The Bertz CT molecular complexity index is 2470. The van der Waals surface area contributed by atoms with E-state index in [1.54, 1.807) is 11.1 Å². The van der Waals surface area contributed by atoms with Crippen molar-refractivity contribution < 1.29 is 33.4 Å². The second-order valence-electron chi connectivity index (χ2n) is 17.3. The first-order chi connectivity index (χ1) is 30.0. The molecule has 0 saturated carbocycles. The molecule has 15 nitrogen and oxygen atoms in total. The first-order valence-electron chi connectivity index (χ1n) is 21.4. The zero-order valence-electron chi connectivity index (χ0n) is 35.4. The Labute approximate surface area is 359 Å². The maximum Gasteiger partial charge on any atom is 0.407 e. The number of carbonyl (C=O) groups is 4. The topological polar surface area (TPSA) is 184 Å². The van der Waals surface area contributed by atoms with E-state index in [1.165, 1.54) is 14.2 Å². The van der Waals surface area contributed by atoms with Crippen molar-refractivity contribution in [1.82, 2.24) is 35.5 Å². The number of aromatic amines is 2. The van der Waals surface area contributed by atoms with Gasteiger partial charge in [0.05, 0.1) is 55.8 Å². The monoisotopic (exact) mass is 840 g/mol. The zero-order chi connectivity index (χ0) is 43.1. The van der Waals surface area contributed by atoms with E-state index in [4.69, 9.17) is 24.2 Å². The van der Waals surface area contributed by atoms with Crippen molar-refractivity contribution >= 4 is 29.7 Å². The molecule has 4 aliphatic rings. The van der Waals surface area contributed by atoms with Gasteiger partial charge in [0, 0.05) is 26.2 Å². The third-order valence-corrected chi connectivity index (χ3v) is 13.2. The van der Waals surface area contributed by atoms with E-state index in [0.717, 1.165) is 75.5 Å². The lowest BCUT2D eigenvalue weighted by molar-refractivity contribution is -0.136. The van der Waals surface area contributed by atoms with Gasteiger partial charge in [-0.25, -0.2) is 19.6 Å². The van der Waals surface area contributed by atoms with Gasteiger partial charge in [-0.15, -0.1) is 0 Å². The number of rotatable bonds is 9. The smallest absolute Gasteiger partial charge is 0.407 e. The summed E-state index contributed by atoms with van der Waals surface area (Å²) < 4.78 is 15.4. The van der Waals surface area contributed by atoms with Crippen LogP contribution in [0.3, 0.4) is 0 Å². The van der Waals surface area contributed by atoms with Crippen LogP contribution >= 0.6 is 0 Å². The van der Waals surface area contributed by atoms with Gasteiger partial charge < -0.3 is 39.7 Å². The lowest BCUT2D eigenvalue weighted by Crippen LogP contribution is -2.51. The number of likely N-dealkylation sites (tertiary alicyclic amines) is 1. The number of imidazole rings is 2. The van der Waals surface area contributed by atoms with Crippen LogP contribution in [0.2, 0.25) is 0 Å². The van der Waals surface area contributed by atoms with Crippen molar-refractivity contribution in [2.75, 3.05) is 38.9 Å². The molecule has 2 aromatic heterocycles. The van der Waals surface area contributed by atoms with Gasteiger partial charge in [-0.2, -0.15) is 0 Å². The molecule has 322 valence electrons. The molecule has 9 rings (SSSR count). The molecule has 0 aliphatic carbocycles. The summed E-state index contributed by atoms with van der Waals surface area (Å²) in [5, 5.41) is 5.50. The lowest BCUT2D eigenvalue weighted by atomic mass is 9.78. The number of nitrogens with zero attached hydrogens (tertiary/aromatic N) is 4. The number of carbonyl (C=O) groups excluding carboxylic acids is 4. The Kier molecular flexibility index (Phi) is 11.1. The van der Waals surface area contributed by atoms with Crippen LogP contribution in [0.1, 0.15) is 74.4 Å². The maximum absolute atomic E-state index is 14.1. The van der Waals surface area contributed by atoms with Crippen LogP contribution in [-0.4, -0.2) is 94.9 Å². The summed E-state index contributed by atoms with van der Waals surface area (Å²) in [7, 11) is 2.60. The summed E-state index contributed by atoms with van der Waals surface area (Å²) in [6.07, 6.45) is 6.61. The minimum atomic E-state index is -0.731. The van der Waals surface area contributed by atoms with Gasteiger partial charge in [-0.05, 0) is 76.8 Å². The number of para-hydroxylation sites is 1. The summed E-state index contributed by atoms with van der Waals surface area (Å²) in [6.45, 7) is 5.72. The maximum atomic E-state index is 14.1. The van der Waals surface area contributed by atoms with Gasteiger partial charge in [0.15, 0.2) is 0 Å². The number of anilines is 1. The van der Waals surface area contributed by atoms with Crippen LogP contribution in [0.5, 0.6) is 0 Å². The van der Waals surface area contributed by atoms with Gasteiger partial charge in [-0.3, -0.25) is 14.5 Å². The van der Waals surface area contributed by atoms with Gasteiger partial charge in [0.25, 0.3) is 0 Å². The molecule has 5 aromatic rings. The first-order valence-corrected chi connectivity index (χ1v) is 21.4. The van der Waals surface area contributed by atoms with Crippen LogP contribution in [0.25, 0.3) is 33.6 Å². The number of ether oxygens (including phenoxy) is 3. The van der Waals surface area contributed by atoms with E-state index in [0.29, 0.717) is 44.8 Å². The SMILES string of the molecule is COC(=O)NC1CCc2cccc3c2N(C1=O)[C@H](c1ncc(-c2ccc(-c4ccc(-c5cnc(C6CC7(CCOCC7)CN6C(=O)[C@@H](NC(=O)OC)C(C)C)[nH]5)cc4)cc2)[nH]1)C3. The van der Waals surface area contributed by atoms with Gasteiger partial charge >= 0.3 is 12.2 Å². The van der Waals surface area contributed by atoms with E-state index in [1.807, 2.05) is 37.1 Å². The molecule has 6 heterocycles. The van der Waals surface area contributed by atoms with Crippen LogP contribution in [-0.2, 0) is 36.6 Å². The summed E-state index contributed by atoms with van der Waals surface area (Å²) in [5.74, 6) is 0.948.